The fraction of sp³-hybridized carbons (Fsp3) is 0. The van der Waals surface area contributed by atoms with Gasteiger partial charge in [-0.05, 0) is 109 Å². The Morgan fingerprint density at radius 1 is 0.812 bits per heavy atom. The van der Waals surface area contributed by atoms with Gasteiger partial charge in [0.05, 0.1) is 17.9 Å². The molecule has 0 spiro atoms. The molecule has 0 aliphatic rings. The minimum atomic E-state index is -1.90. The van der Waals surface area contributed by atoms with Gasteiger partial charge >= 0.3 is 17.1 Å². The van der Waals surface area contributed by atoms with Crippen molar-refractivity contribution in [2.75, 3.05) is 0 Å². The Hall–Kier alpha value is -0.890. The first kappa shape index (κ1) is 24.2. The van der Waals surface area contributed by atoms with Gasteiger partial charge in [-0.3, -0.25) is 0 Å². The normalized spacial score (nSPS) is 11.5. The maximum atomic E-state index is 14.6. The van der Waals surface area contributed by atoms with E-state index in [0.29, 0.717) is 13.2 Å². The number of benzene rings is 3. The Morgan fingerprint density at radius 2 is 1.28 bits per heavy atom. The quantitative estimate of drug-likeness (QED) is 0.0842. The molecule has 0 saturated heterocycles. The monoisotopic (exact) mass is 891 g/mol. The summed E-state index contributed by atoms with van der Waals surface area (Å²) < 4.78 is 50.1. The highest BCUT2D eigenvalue weighted by Gasteiger charge is 2.33. The van der Waals surface area contributed by atoms with Gasteiger partial charge in [0.15, 0.2) is 36.1 Å². The molecule has 3 N–H and O–H groups in total. The van der Waals surface area contributed by atoms with E-state index in [0.717, 1.165) is 0 Å². The molecule has 0 aliphatic carbocycles. The summed E-state index contributed by atoms with van der Waals surface area (Å²) in [6.07, 6.45) is 0. The molecule has 0 atom stereocenters. The van der Waals surface area contributed by atoms with Gasteiger partial charge in [-0.25, -0.2) is 22.4 Å². The van der Waals surface area contributed by atoms with Crippen LogP contribution >= 0.6 is 90.4 Å². The maximum Gasteiger partial charge on any atom is 0.378 e. The molecule has 0 unspecified atom stereocenters. The molecular weight excluding hydrogens is 885 g/mol. The summed E-state index contributed by atoms with van der Waals surface area (Å²) in [7, 11) is 0. The number of phenolic OH excluding ortho intramolecular Hbond substituents is 2. The molecule has 164 valence electrons. The van der Waals surface area contributed by atoms with Crippen molar-refractivity contribution < 1.29 is 37.7 Å². The molecular formula is C20H6F3I4O5+. The van der Waals surface area contributed by atoms with Crippen molar-refractivity contribution in [2.24, 2.45) is 0 Å². The highest BCUT2D eigenvalue weighted by molar-refractivity contribution is 14.1. The fourth-order valence-electron chi connectivity index (χ4n) is 3.29. The summed E-state index contributed by atoms with van der Waals surface area (Å²) in [5.41, 5.74) is -1.19. The van der Waals surface area contributed by atoms with Gasteiger partial charge in [-0.2, -0.15) is 0 Å². The van der Waals surface area contributed by atoms with E-state index in [1.807, 2.05) is 90.4 Å². The number of aromatic hydroxyl groups is 2. The predicted molar refractivity (Wildman–Crippen MR) is 145 cm³/mol. The molecule has 0 amide bonds. The fourth-order valence-corrected chi connectivity index (χ4v) is 6.87. The van der Waals surface area contributed by atoms with Crippen molar-refractivity contribution in [3.8, 4) is 22.6 Å². The van der Waals surface area contributed by atoms with E-state index in [-0.39, 0.29) is 46.1 Å². The Balaban J connectivity index is 2.39. The molecule has 32 heavy (non-hydrogen) atoms. The largest absolute Gasteiger partial charge is 0.505 e. The van der Waals surface area contributed by atoms with Crippen LogP contribution < -0.4 is 0 Å². The Labute approximate surface area is 231 Å². The summed E-state index contributed by atoms with van der Waals surface area (Å²) in [5.74, 6) is -7.29. The van der Waals surface area contributed by atoms with Crippen LogP contribution in [0, 0.1) is 31.7 Å². The van der Waals surface area contributed by atoms with E-state index in [4.69, 9.17) is 4.42 Å². The molecule has 0 radical (unpaired) electrons. The molecule has 4 rings (SSSR count). The van der Waals surface area contributed by atoms with E-state index < -0.39 is 34.5 Å². The van der Waals surface area contributed by atoms with Crippen LogP contribution in [0.25, 0.3) is 33.1 Å². The first-order chi connectivity index (χ1) is 15.0. The second kappa shape index (κ2) is 8.71. The van der Waals surface area contributed by atoms with Crippen LogP contribution in [0.2, 0.25) is 0 Å². The second-order valence-electron chi connectivity index (χ2n) is 6.49. The number of phenols is 2. The Morgan fingerprint density at radius 3 is 1.72 bits per heavy atom. The number of rotatable bonds is 2. The Kier molecular flexibility index (Phi) is 6.60. The third-order valence-electron chi connectivity index (χ3n) is 4.69. The summed E-state index contributed by atoms with van der Waals surface area (Å²) >= 11 is 7.36. The lowest BCUT2D eigenvalue weighted by Gasteiger charge is -2.13. The van der Waals surface area contributed by atoms with E-state index in [1.54, 1.807) is 0 Å². The van der Waals surface area contributed by atoms with E-state index in [2.05, 4.69) is 0 Å². The molecule has 0 aliphatic heterocycles. The van der Waals surface area contributed by atoms with Crippen LogP contribution in [0.5, 0.6) is 11.5 Å². The van der Waals surface area contributed by atoms with Crippen molar-refractivity contribution in [3.05, 3.63) is 55.5 Å². The SMILES string of the molecule is O=C(O)c1c(-c2c3cc(I)c(O)c(I)c3[o+]c3c(I)c(O)c(I)cc23)cc(F)c(F)c1F. The van der Waals surface area contributed by atoms with E-state index in [9.17, 15) is 33.3 Å². The zero-order valence-corrected chi connectivity index (χ0v) is 23.7. The highest BCUT2D eigenvalue weighted by Crippen LogP contribution is 2.46. The van der Waals surface area contributed by atoms with Gasteiger partial charge in [0.25, 0.3) is 0 Å². The number of aromatic carboxylic acids is 1. The van der Waals surface area contributed by atoms with Crippen molar-refractivity contribution in [2.45, 2.75) is 0 Å². The van der Waals surface area contributed by atoms with Crippen molar-refractivity contribution in [1.82, 2.24) is 0 Å². The smallest absolute Gasteiger partial charge is 0.378 e. The average molecular weight is 891 g/mol. The average Bonchev–Trinajstić information content (AvgIpc) is 2.73. The lowest BCUT2D eigenvalue weighted by atomic mass is 9.92. The molecule has 1 aromatic heterocycles. The summed E-state index contributed by atoms with van der Waals surface area (Å²) in [4.78, 5) is 11.9. The topological polar surface area (TPSA) is 89.1 Å². The third-order valence-corrected chi connectivity index (χ3v) is 8.33. The van der Waals surface area contributed by atoms with Crippen LogP contribution in [0.4, 0.5) is 13.2 Å². The minimum absolute atomic E-state index is 0.0584. The molecule has 0 saturated carbocycles. The molecule has 0 bridgehead atoms. The van der Waals surface area contributed by atoms with Crippen LogP contribution in [0.3, 0.4) is 0 Å². The number of hydrogen-bond acceptors (Lipinski definition) is 3. The van der Waals surface area contributed by atoms with Gasteiger partial charge in [0.2, 0.25) is 0 Å². The van der Waals surface area contributed by atoms with Gasteiger partial charge in [-0.1, -0.05) is 0 Å². The summed E-state index contributed by atoms with van der Waals surface area (Å²) in [5, 5.41) is 30.9. The lowest BCUT2D eigenvalue weighted by Crippen LogP contribution is -2.08. The van der Waals surface area contributed by atoms with E-state index in [1.165, 1.54) is 12.1 Å². The summed E-state index contributed by atoms with van der Waals surface area (Å²) in [6.45, 7) is 0. The molecule has 5 nitrogen and oxygen atoms in total. The molecule has 4 aromatic rings. The molecule has 1 heterocycles. The molecule has 12 heteroatoms. The number of halogens is 7. The molecule has 0 fully saturated rings. The number of carboxylic acid groups (broad SMARTS) is 1. The number of carboxylic acids is 1. The number of hydrogen-bond donors (Lipinski definition) is 3. The maximum absolute atomic E-state index is 14.6. The van der Waals surface area contributed by atoms with Crippen LogP contribution in [-0.2, 0) is 0 Å². The van der Waals surface area contributed by atoms with Gasteiger partial charge in [-0.15, -0.1) is 0 Å². The zero-order chi connectivity index (χ0) is 23.6. The third kappa shape index (κ3) is 3.68. The van der Waals surface area contributed by atoms with Gasteiger partial charge in [0, 0.05) is 11.1 Å². The van der Waals surface area contributed by atoms with E-state index >= 15 is 0 Å². The Bertz CT molecular complexity index is 1440. The van der Waals surface area contributed by atoms with Gasteiger partial charge < -0.3 is 15.3 Å². The molecule has 3 aromatic carbocycles. The van der Waals surface area contributed by atoms with Crippen LogP contribution in [0.15, 0.2) is 22.6 Å². The zero-order valence-electron chi connectivity index (χ0n) is 15.0. The number of carbonyl (C=O) groups is 1. The van der Waals surface area contributed by atoms with Crippen molar-refractivity contribution >= 4 is 118 Å². The first-order valence-corrected chi connectivity index (χ1v) is 12.7. The highest BCUT2D eigenvalue weighted by atomic mass is 127. The minimum Gasteiger partial charge on any atom is -0.505 e. The first-order valence-electron chi connectivity index (χ1n) is 8.34. The van der Waals surface area contributed by atoms with Crippen molar-refractivity contribution in [1.29, 1.82) is 0 Å². The van der Waals surface area contributed by atoms with Crippen molar-refractivity contribution in [3.63, 3.8) is 0 Å². The second-order valence-corrected chi connectivity index (χ2v) is 11.0. The van der Waals surface area contributed by atoms with Gasteiger partial charge in [0.1, 0.15) is 5.56 Å². The standard InChI is InChI=1S/C20H5F3I4O5/c21-7-1-4(11(20(30)31)13(23)12(7)22)10-5-2-8(24)16(28)14(26)18(5)32-19-6(10)3-9(25)17(29)15(19)27/h1-3H,(H2-,28,29,30,31)/p+1. The van der Waals surface area contributed by atoms with Crippen LogP contribution in [-0.4, -0.2) is 21.3 Å². The van der Waals surface area contributed by atoms with Crippen LogP contribution in [0.1, 0.15) is 10.4 Å². The summed E-state index contributed by atoms with van der Waals surface area (Å²) in [6, 6.07) is 3.57. The number of fused-ring (bicyclic) bond motifs is 2. The lowest BCUT2D eigenvalue weighted by molar-refractivity contribution is 0.0691. The predicted octanol–water partition coefficient (Wildman–Crippen LogP) is 7.48.